The predicted molar refractivity (Wildman–Crippen MR) is 104 cm³/mol. The topological polar surface area (TPSA) is 27.7 Å². The normalized spacial score (nSPS) is 15.0. The van der Waals surface area contributed by atoms with Crippen LogP contribution in [0.1, 0.15) is 86.5 Å². The smallest absolute Gasteiger partial charge is 0.287 e. The molecule has 0 aromatic heterocycles. The Labute approximate surface area is 155 Å². The van der Waals surface area contributed by atoms with E-state index in [1.807, 2.05) is 20.8 Å². The zero-order valence-corrected chi connectivity index (χ0v) is 17.7. The second-order valence-corrected chi connectivity index (χ2v) is 7.42. The van der Waals surface area contributed by atoms with E-state index in [-0.39, 0.29) is 11.3 Å². The molecule has 24 heavy (non-hydrogen) atoms. The molecule has 0 saturated carbocycles. The highest BCUT2D eigenvalue weighted by Gasteiger charge is 2.45. The quantitative estimate of drug-likeness (QED) is 0.180. The van der Waals surface area contributed by atoms with Crippen molar-refractivity contribution in [3.05, 3.63) is 0 Å². The highest BCUT2D eigenvalue weighted by atomic mass is 35.5. The van der Waals surface area contributed by atoms with Gasteiger partial charge < -0.3 is 14.2 Å². The number of unbranched alkanes of at least 4 members (excludes halogenated alkanes) is 4. The zero-order valence-electron chi connectivity index (χ0n) is 16.9. The van der Waals surface area contributed by atoms with Gasteiger partial charge in [0.05, 0.1) is 5.92 Å². The lowest BCUT2D eigenvalue weighted by Gasteiger charge is -2.41. The average Bonchev–Trinajstić information content (AvgIpc) is 2.52. The molecule has 2 unspecified atom stereocenters. The molecule has 0 aromatic carbocycles. The van der Waals surface area contributed by atoms with Crippen molar-refractivity contribution in [1.29, 1.82) is 0 Å². The molecule has 0 amide bonds. The minimum atomic E-state index is -1.02. The lowest BCUT2D eigenvalue weighted by Crippen LogP contribution is -2.50. The molecule has 0 aliphatic heterocycles. The van der Waals surface area contributed by atoms with Gasteiger partial charge in [-0.05, 0) is 39.5 Å². The maximum Gasteiger partial charge on any atom is 0.287 e. The van der Waals surface area contributed by atoms with Crippen molar-refractivity contribution in [3.63, 3.8) is 0 Å². The Morgan fingerprint density at radius 2 is 1.29 bits per heavy atom. The van der Waals surface area contributed by atoms with Gasteiger partial charge in [-0.1, -0.05) is 52.9 Å². The third-order valence-corrected chi connectivity index (χ3v) is 4.76. The summed E-state index contributed by atoms with van der Waals surface area (Å²) >= 11 is 6.86. The number of alkyl halides is 1. The molecule has 0 fully saturated rings. The Kier molecular flexibility index (Phi) is 14.5. The van der Waals surface area contributed by atoms with E-state index in [9.17, 15) is 0 Å². The summed E-state index contributed by atoms with van der Waals surface area (Å²) in [5, 5.41) is -0.00123. The van der Waals surface area contributed by atoms with Gasteiger partial charge in [0.15, 0.2) is 0 Å². The summed E-state index contributed by atoms with van der Waals surface area (Å²) < 4.78 is 18.0. The summed E-state index contributed by atoms with van der Waals surface area (Å²) in [6.45, 7) is 14.3. The predicted octanol–water partition coefficient (Wildman–Crippen LogP) is 6.38. The number of hydrogen-bond donors (Lipinski definition) is 0. The first-order valence-corrected chi connectivity index (χ1v) is 10.5. The van der Waals surface area contributed by atoms with E-state index in [1.165, 1.54) is 25.7 Å². The molecule has 3 nitrogen and oxygen atoms in total. The third-order valence-electron chi connectivity index (χ3n) is 4.24. The van der Waals surface area contributed by atoms with E-state index in [4.69, 9.17) is 25.8 Å². The maximum absolute atomic E-state index is 6.86. The fourth-order valence-electron chi connectivity index (χ4n) is 3.22. The van der Waals surface area contributed by atoms with Crippen LogP contribution in [0.2, 0.25) is 0 Å². The van der Waals surface area contributed by atoms with E-state index < -0.39 is 5.97 Å². The first-order chi connectivity index (χ1) is 11.5. The molecular weight excluding hydrogens is 324 g/mol. The van der Waals surface area contributed by atoms with Gasteiger partial charge in [-0.2, -0.15) is 0 Å². The number of ether oxygens (including phenoxy) is 3. The highest BCUT2D eigenvalue weighted by Crippen LogP contribution is 2.37. The summed E-state index contributed by atoms with van der Waals surface area (Å²) in [7, 11) is 0. The summed E-state index contributed by atoms with van der Waals surface area (Å²) in [5.74, 6) is -0.472. The van der Waals surface area contributed by atoms with E-state index in [2.05, 4.69) is 20.8 Å². The molecular formula is C20H41ClO3. The molecule has 0 aromatic rings. The second-order valence-electron chi connectivity index (χ2n) is 6.86. The molecule has 0 saturated heterocycles. The monoisotopic (exact) mass is 364 g/mol. The molecule has 146 valence electrons. The lowest BCUT2D eigenvalue weighted by molar-refractivity contribution is -0.403. The minimum Gasteiger partial charge on any atom is -0.327 e. The van der Waals surface area contributed by atoms with Crippen LogP contribution >= 0.6 is 11.6 Å². The first-order valence-electron chi connectivity index (χ1n) is 10.0. The largest absolute Gasteiger partial charge is 0.327 e. The molecule has 2 atom stereocenters. The van der Waals surface area contributed by atoms with Gasteiger partial charge in [-0.25, -0.2) is 0 Å². The van der Waals surface area contributed by atoms with Crippen molar-refractivity contribution in [2.45, 2.75) is 97.8 Å². The van der Waals surface area contributed by atoms with Crippen LogP contribution in [0, 0.1) is 11.8 Å². The number of rotatable bonds is 16. The van der Waals surface area contributed by atoms with Crippen LogP contribution < -0.4 is 0 Å². The summed E-state index contributed by atoms with van der Waals surface area (Å²) in [5.41, 5.74) is 0. The van der Waals surface area contributed by atoms with Crippen LogP contribution in [0.4, 0.5) is 0 Å². The minimum absolute atomic E-state index is 0.00123. The van der Waals surface area contributed by atoms with Crippen molar-refractivity contribution < 1.29 is 14.2 Å². The molecule has 0 spiro atoms. The van der Waals surface area contributed by atoms with Crippen LogP contribution in [-0.4, -0.2) is 31.2 Å². The molecule has 0 rings (SSSR count). The van der Waals surface area contributed by atoms with Crippen LogP contribution in [0.3, 0.4) is 0 Å². The Balaban J connectivity index is 5.05. The van der Waals surface area contributed by atoms with Crippen molar-refractivity contribution in [2.24, 2.45) is 11.8 Å². The molecule has 0 aliphatic rings. The van der Waals surface area contributed by atoms with Crippen LogP contribution in [0.25, 0.3) is 0 Å². The average molecular weight is 365 g/mol. The Morgan fingerprint density at radius 3 is 1.71 bits per heavy atom. The number of halogens is 1. The van der Waals surface area contributed by atoms with E-state index >= 15 is 0 Å². The standard InChI is InChI=1S/C20H41ClO3/c1-7-11-12-13-14-15-19(21)18(16-17(5)6)20(22-8-2,23-9-3)24-10-4/h17-19H,7-16H2,1-6H3. The zero-order chi connectivity index (χ0) is 18.4. The lowest BCUT2D eigenvalue weighted by atomic mass is 9.88. The van der Waals surface area contributed by atoms with Gasteiger partial charge in [0.2, 0.25) is 0 Å². The summed E-state index contributed by atoms with van der Waals surface area (Å²) in [6, 6.07) is 0. The Bertz CT molecular complexity index is 267. The van der Waals surface area contributed by atoms with Gasteiger partial charge in [0, 0.05) is 25.2 Å². The van der Waals surface area contributed by atoms with Crippen molar-refractivity contribution in [1.82, 2.24) is 0 Å². The number of hydrogen-bond acceptors (Lipinski definition) is 3. The Hall–Kier alpha value is 0.170. The van der Waals surface area contributed by atoms with Crippen molar-refractivity contribution in [2.75, 3.05) is 19.8 Å². The fraction of sp³-hybridized carbons (Fsp3) is 1.00. The molecule has 0 radical (unpaired) electrons. The van der Waals surface area contributed by atoms with E-state index in [0.717, 1.165) is 19.3 Å². The molecule has 0 N–H and O–H groups in total. The van der Waals surface area contributed by atoms with E-state index in [1.54, 1.807) is 0 Å². The van der Waals surface area contributed by atoms with Crippen LogP contribution in [0.15, 0.2) is 0 Å². The molecule has 0 heterocycles. The third kappa shape index (κ3) is 9.03. The second kappa shape index (κ2) is 14.4. The summed E-state index contributed by atoms with van der Waals surface area (Å²) in [4.78, 5) is 0. The van der Waals surface area contributed by atoms with Crippen molar-refractivity contribution >= 4 is 11.6 Å². The first kappa shape index (κ1) is 24.2. The van der Waals surface area contributed by atoms with E-state index in [0.29, 0.717) is 25.7 Å². The fourth-order valence-corrected chi connectivity index (χ4v) is 3.63. The van der Waals surface area contributed by atoms with Crippen LogP contribution in [0.5, 0.6) is 0 Å². The van der Waals surface area contributed by atoms with Gasteiger partial charge >= 0.3 is 0 Å². The molecule has 4 heteroatoms. The van der Waals surface area contributed by atoms with Gasteiger partial charge in [-0.3, -0.25) is 0 Å². The SMILES string of the molecule is CCCCCCCC(Cl)C(CC(C)C)C(OCC)(OCC)OCC. The summed E-state index contributed by atoms with van der Waals surface area (Å²) in [6.07, 6.45) is 8.19. The van der Waals surface area contributed by atoms with Crippen LogP contribution in [-0.2, 0) is 14.2 Å². The Morgan fingerprint density at radius 1 is 0.792 bits per heavy atom. The van der Waals surface area contributed by atoms with Gasteiger partial charge in [0.25, 0.3) is 5.97 Å². The maximum atomic E-state index is 6.86. The van der Waals surface area contributed by atoms with Gasteiger partial charge in [0.1, 0.15) is 0 Å². The molecule has 0 aliphatic carbocycles. The highest BCUT2D eigenvalue weighted by molar-refractivity contribution is 6.20. The van der Waals surface area contributed by atoms with Crippen molar-refractivity contribution in [3.8, 4) is 0 Å². The van der Waals surface area contributed by atoms with Gasteiger partial charge in [-0.15, -0.1) is 11.6 Å². The molecule has 0 bridgehead atoms.